The molecule has 90 valence electrons. The van der Waals surface area contributed by atoms with E-state index in [1.54, 1.807) is 14.0 Å². The van der Waals surface area contributed by atoms with Crippen molar-refractivity contribution in [2.45, 2.75) is 20.3 Å². The molecule has 3 heteroatoms. The van der Waals surface area contributed by atoms with Gasteiger partial charge in [0.25, 0.3) is 0 Å². The van der Waals surface area contributed by atoms with Gasteiger partial charge in [-0.3, -0.25) is 4.79 Å². The summed E-state index contributed by atoms with van der Waals surface area (Å²) in [6, 6.07) is 6.01. The Balaban J connectivity index is 2.62. The van der Waals surface area contributed by atoms with Gasteiger partial charge in [0.1, 0.15) is 0 Å². The summed E-state index contributed by atoms with van der Waals surface area (Å²) < 4.78 is 7.18. The zero-order chi connectivity index (χ0) is 12.4. The molecule has 2 heterocycles. The number of pyridine rings is 1. The van der Waals surface area contributed by atoms with E-state index in [0.717, 1.165) is 28.8 Å². The summed E-state index contributed by atoms with van der Waals surface area (Å²) in [6.45, 7) is 4.31. The van der Waals surface area contributed by atoms with Gasteiger partial charge in [0, 0.05) is 31.0 Å². The maximum atomic E-state index is 11.7. The van der Waals surface area contributed by atoms with Crippen LogP contribution in [0.15, 0.2) is 24.4 Å². The van der Waals surface area contributed by atoms with Crippen LogP contribution in [-0.4, -0.2) is 23.9 Å². The van der Waals surface area contributed by atoms with E-state index in [4.69, 9.17) is 4.74 Å². The number of hydrogen-bond acceptors (Lipinski definition) is 2. The topological polar surface area (TPSA) is 30.7 Å². The van der Waals surface area contributed by atoms with Gasteiger partial charge in [0.05, 0.1) is 12.1 Å². The molecule has 0 unspecified atom stereocenters. The number of ether oxygens (including phenoxy) is 1. The fourth-order valence-corrected chi connectivity index (χ4v) is 2.17. The van der Waals surface area contributed by atoms with Crippen molar-refractivity contribution >= 4 is 11.3 Å². The van der Waals surface area contributed by atoms with Crippen molar-refractivity contribution in [3.63, 3.8) is 0 Å². The Morgan fingerprint density at radius 2 is 2.24 bits per heavy atom. The summed E-state index contributed by atoms with van der Waals surface area (Å²) >= 11 is 0. The molecule has 0 atom stereocenters. The lowest BCUT2D eigenvalue weighted by Crippen LogP contribution is -1.98. The van der Waals surface area contributed by atoms with Gasteiger partial charge in [-0.05, 0) is 31.5 Å². The van der Waals surface area contributed by atoms with Crippen molar-refractivity contribution < 1.29 is 9.53 Å². The lowest BCUT2D eigenvalue weighted by Gasteiger charge is -2.04. The van der Waals surface area contributed by atoms with Crippen molar-refractivity contribution in [2.24, 2.45) is 0 Å². The fraction of sp³-hybridized carbons (Fsp3) is 0.357. The summed E-state index contributed by atoms with van der Waals surface area (Å²) in [5, 5.41) is 0. The van der Waals surface area contributed by atoms with Crippen molar-refractivity contribution in [1.82, 2.24) is 4.40 Å². The third kappa shape index (κ3) is 2.11. The number of carbonyl (C=O) groups is 1. The van der Waals surface area contributed by atoms with Crippen LogP contribution in [0.5, 0.6) is 0 Å². The first-order valence-electron chi connectivity index (χ1n) is 5.74. The van der Waals surface area contributed by atoms with Gasteiger partial charge in [-0.1, -0.05) is 6.07 Å². The number of fused-ring (bicyclic) bond motifs is 1. The molecule has 2 rings (SSSR count). The van der Waals surface area contributed by atoms with E-state index in [-0.39, 0.29) is 5.78 Å². The Kier molecular flexibility index (Phi) is 3.29. The number of methoxy groups -OCH3 is 1. The van der Waals surface area contributed by atoms with Crippen LogP contribution in [0.4, 0.5) is 0 Å². The van der Waals surface area contributed by atoms with Gasteiger partial charge in [-0.2, -0.15) is 0 Å². The van der Waals surface area contributed by atoms with Crippen molar-refractivity contribution in [3.8, 4) is 0 Å². The van der Waals surface area contributed by atoms with E-state index in [2.05, 4.69) is 4.40 Å². The summed E-state index contributed by atoms with van der Waals surface area (Å²) in [7, 11) is 1.69. The summed E-state index contributed by atoms with van der Waals surface area (Å²) in [5.74, 6) is 0.112. The molecule has 3 nitrogen and oxygen atoms in total. The van der Waals surface area contributed by atoms with Crippen LogP contribution in [0, 0.1) is 6.92 Å². The Hall–Kier alpha value is -1.61. The third-order valence-electron chi connectivity index (χ3n) is 3.01. The minimum atomic E-state index is 0.112. The van der Waals surface area contributed by atoms with Crippen molar-refractivity contribution in [2.75, 3.05) is 13.7 Å². The molecule has 0 aromatic carbocycles. The third-order valence-corrected chi connectivity index (χ3v) is 3.01. The summed E-state index contributed by atoms with van der Waals surface area (Å²) in [4.78, 5) is 11.7. The number of aromatic nitrogens is 1. The van der Waals surface area contributed by atoms with Gasteiger partial charge >= 0.3 is 0 Å². The van der Waals surface area contributed by atoms with E-state index >= 15 is 0 Å². The number of carbonyl (C=O) groups excluding carboxylic acids is 1. The first-order valence-corrected chi connectivity index (χ1v) is 5.74. The van der Waals surface area contributed by atoms with E-state index in [9.17, 15) is 4.79 Å². The first kappa shape index (κ1) is 11.9. The van der Waals surface area contributed by atoms with Gasteiger partial charge in [0.2, 0.25) is 0 Å². The molecular formula is C14H17NO2. The Bertz CT molecular complexity index is 555. The number of Topliss-reactive ketones (excluding diaryl/α,β-unsaturated/α-hetero) is 1. The Morgan fingerprint density at radius 1 is 1.47 bits per heavy atom. The highest BCUT2D eigenvalue weighted by Crippen LogP contribution is 2.21. The van der Waals surface area contributed by atoms with Crippen LogP contribution in [0.2, 0.25) is 0 Å². The predicted molar refractivity (Wildman–Crippen MR) is 67.7 cm³/mol. The van der Waals surface area contributed by atoms with E-state index in [0.29, 0.717) is 6.61 Å². The molecule has 0 spiro atoms. The summed E-state index contributed by atoms with van der Waals surface area (Å²) in [6.07, 6.45) is 2.81. The molecule has 17 heavy (non-hydrogen) atoms. The molecule has 0 bridgehead atoms. The average Bonchev–Trinajstić information content (AvgIpc) is 2.67. The van der Waals surface area contributed by atoms with Gasteiger partial charge in [-0.25, -0.2) is 0 Å². The maximum Gasteiger partial charge on any atom is 0.161 e. The molecule has 2 aromatic rings. The second-order valence-corrected chi connectivity index (χ2v) is 4.26. The average molecular weight is 231 g/mol. The highest BCUT2D eigenvalue weighted by atomic mass is 16.5. The van der Waals surface area contributed by atoms with Gasteiger partial charge in [0.15, 0.2) is 5.78 Å². The first-order chi connectivity index (χ1) is 8.15. The SMILES string of the molecule is COCCc1cc(C(C)=O)c2c(C)cccn12. The monoisotopic (exact) mass is 231 g/mol. The largest absolute Gasteiger partial charge is 0.384 e. The molecule has 0 aliphatic rings. The smallest absolute Gasteiger partial charge is 0.161 e. The molecule has 0 fully saturated rings. The standard InChI is InChI=1S/C14H17NO2/c1-10-5-4-7-15-12(6-8-17-3)9-13(11(2)16)14(10)15/h4-5,7,9H,6,8H2,1-3H3. The molecule has 0 N–H and O–H groups in total. The van der Waals surface area contributed by atoms with Crippen LogP contribution in [0.25, 0.3) is 5.52 Å². The van der Waals surface area contributed by atoms with E-state index in [1.807, 2.05) is 31.3 Å². The fourth-order valence-electron chi connectivity index (χ4n) is 2.17. The number of nitrogens with zero attached hydrogens (tertiary/aromatic N) is 1. The van der Waals surface area contributed by atoms with Crippen LogP contribution in [-0.2, 0) is 11.2 Å². The summed E-state index contributed by atoms with van der Waals surface area (Å²) in [5.41, 5.74) is 4.07. The van der Waals surface area contributed by atoms with Crippen LogP contribution in [0.3, 0.4) is 0 Å². The lowest BCUT2D eigenvalue weighted by atomic mass is 10.1. The molecule has 0 saturated carbocycles. The maximum absolute atomic E-state index is 11.7. The number of aryl methyl sites for hydroxylation is 1. The Labute approximate surface area is 101 Å². The highest BCUT2D eigenvalue weighted by molar-refractivity contribution is 6.02. The van der Waals surface area contributed by atoms with Gasteiger partial charge < -0.3 is 9.14 Å². The zero-order valence-corrected chi connectivity index (χ0v) is 10.5. The molecule has 0 aliphatic heterocycles. The number of ketones is 1. The van der Waals surface area contributed by atoms with Crippen molar-refractivity contribution in [3.05, 3.63) is 41.2 Å². The lowest BCUT2D eigenvalue weighted by molar-refractivity contribution is 0.101. The van der Waals surface area contributed by atoms with Crippen LogP contribution >= 0.6 is 0 Å². The highest BCUT2D eigenvalue weighted by Gasteiger charge is 2.13. The normalized spacial score (nSPS) is 11.0. The number of rotatable bonds is 4. The molecule has 0 radical (unpaired) electrons. The minimum absolute atomic E-state index is 0.112. The van der Waals surface area contributed by atoms with E-state index in [1.165, 1.54) is 0 Å². The van der Waals surface area contributed by atoms with Crippen LogP contribution in [0.1, 0.15) is 28.5 Å². The van der Waals surface area contributed by atoms with Crippen molar-refractivity contribution in [1.29, 1.82) is 0 Å². The second kappa shape index (κ2) is 4.72. The minimum Gasteiger partial charge on any atom is -0.384 e. The van der Waals surface area contributed by atoms with E-state index < -0.39 is 0 Å². The quantitative estimate of drug-likeness (QED) is 0.757. The number of hydrogen-bond donors (Lipinski definition) is 0. The molecular weight excluding hydrogens is 214 g/mol. The van der Waals surface area contributed by atoms with Crippen LogP contribution < -0.4 is 0 Å². The zero-order valence-electron chi connectivity index (χ0n) is 10.5. The second-order valence-electron chi connectivity index (χ2n) is 4.26. The van der Waals surface area contributed by atoms with Gasteiger partial charge in [-0.15, -0.1) is 0 Å². The Morgan fingerprint density at radius 3 is 2.88 bits per heavy atom. The predicted octanol–water partition coefficient (Wildman–Crippen LogP) is 2.64. The molecule has 0 aliphatic carbocycles. The molecule has 0 saturated heterocycles. The molecule has 0 amide bonds. The molecule has 2 aromatic heterocycles.